The Labute approximate surface area is 474 Å². The Morgan fingerprint density at radius 2 is 0.461 bits per heavy atom. The number of unbranched alkanes of at least 4 members (excludes halogenated alkanes) is 49. The van der Waals surface area contributed by atoms with Gasteiger partial charge in [0, 0.05) is 19.3 Å². The molecular weight excluding hydrogens is 937 g/mol. The molecule has 0 aliphatic carbocycles. The van der Waals surface area contributed by atoms with Gasteiger partial charge in [0.1, 0.15) is 13.2 Å². The van der Waals surface area contributed by atoms with Gasteiger partial charge >= 0.3 is 17.9 Å². The van der Waals surface area contributed by atoms with Crippen LogP contribution in [0.1, 0.15) is 387 Å². The molecule has 0 fully saturated rings. The van der Waals surface area contributed by atoms with Crippen LogP contribution >= 0.6 is 0 Å². The maximum Gasteiger partial charge on any atom is 0.306 e. The van der Waals surface area contributed by atoms with Crippen molar-refractivity contribution < 1.29 is 28.6 Å². The van der Waals surface area contributed by atoms with E-state index in [2.05, 4.69) is 45.1 Å². The average Bonchev–Trinajstić information content (AvgIpc) is 3.42. The predicted octanol–water partition coefficient (Wildman–Crippen LogP) is 23.4. The minimum Gasteiger partial charge on any atom is -0.462 e. The van der Waals surface area contributed by atoms with Gasteiger partial charge in [-0.1, -0.05) is 328 Å². The highest BCUT2D eigenvalue weighted by atomic mass is 16.6. The lowest BCUT2D eigenvalue weighted by atomic mass is 10.0. The Kier molecular flexibility index (Phi) is 63.6. The molecule has 0 heterocycles. The smallest absolute Gasteiger partial charge is 0.306 e. The molecule has 0 radical (unpaired) electrons. The molecule has 0 aromatic carbocycles. The van der Waals surface area contributed by atoms with Crippen LogP contribution in [0.2, 0.25) is 0 Å². The molecule has 0 aromatic rings. The summed E-state index contributed by atoms with van der Waals surface area (Å²) in [5.74, 6) is -0.871. The topological polar surface area (TPSA) is 78.9 Å². The molecule has 6 nitrogen and oxygen atoms in total. The largest absolute Gasteiger partial charge is 0.462 e. The number of carbonyl (C=O) groups excluding carboxylic acids is 3. The van der Waals surface area contributed by atoms with Crippen molar-refractivity contribution in [3.8, 4) is 0 Å². The Bertz CT molecular complexity index is 1230. The monoisotopic (exact) mass is 1070 g/mol. The van der Waals surface area contributed by atoms with Crippen LogP contribution in [0.5, 0.6) is 0 Å². The fraction of sp³-hybridized carbons (Fsp3) is 0.900. The van der Waals surface area contributed by atoms with E-state index in [0.29, 0.717) is 19.3 Å². The fourth-order valence-electron chi connectivity index (χ4n) is 10.5. The van der Waals surface area contributed by atoms with E-state index >= 15 is 0 Å². The Balaban J connectivity index is 3.97. The maximum atomic E-state index is 12.8. The molecule has 448 valence electrons. The molecule has 0 aromatic heterocycles. The van der Waals surface area contributed by atoms with Gasteiger partial charge in [0.25, 0.3) is 0 Å². The van der Waals surface area contributed by atoms with Gasteiger partial charge in [-0.05, 0) is 64.2 Å². The van der Waals surface area contributed by atoms with Gasteiger partial charge in [-0.2, -0.15) is 0 Å². The average molecular weight is 1070 g/mol. The molecule has 0 amide bonds. The van der Waals surface area contributed by atoms with E-state index in [4.69, 9.17) is 14.2 Å². The van der Waals surface area contributed by atoms with Gasteiger partial charge in [-0.25, -0.2) is 0 Å². The molecule has 0 aliphatic heterocycles. The van der Waals surface area contributed by atoms with E-state index in [1.54, 1.807) is 0 Å². The molecule has 0 saturated carbocycles. The first-order valence-electron chi connectivity index (χ1n) is 34.3. The quantitative estimate of drug-likeness (QED) is 0.0261. The lowest BCUT2D eigenvalue weighted by molar-refractivity contribution is -0.167. The SMILES string of the molecule is CCC/C=C\CCCCCCCC(=O)OCC(COC(=O)CCCCCCCCCCCCCCCCCCCCCCCCCCCCCCCCCCCC)OC(=O)CCCCCCC/C=C\CCCCCCC. The summed E-state index contributed by atoms with van der Waals surface area (Å²) in [6.45, 7) is 6.61. The zero-order chi connectivity index (χ0) is 55.0. The van der Waals surface area contributed by atoms with Crippen LogP contribution in [0, 0.1) is 0 Å². The highest BCUT2D eigenvalue weighted by molar-refractivity contribution is 5.71. The second kappa shape index (κ2) is 65.4. The van der Waals surface area contributed by atoms with Crippen LogP contribution in [-0.4, -0.2) is 37.2 Å². The highest BCUT2D eigenvalue weighted by Gasteiger charge is 2.19. The van der Waals surface area contributed by atoms with Gasteiger partial charge in [-0.3, -0.25) is 14.4 Å². The first kappa shape index (κ1) is 73.9. The van der Waals surface area contributed by atoms with Crippen LogP contribution in [0.4, 0.5) is 0 Å². The molecule has 0 rings (SSSR count). The van der Waals surface area contributed by atoms with Crippen LogP contribution in [0.15, 0.2) is 24.3 Å². The summed E-state index contributed by atoms with van der Waals surface area (Å²) in [5.41, 5.74) is 0. The van der Waals surface area contributed by atoms with Gasteiger partial charge in [0.15, 0.2) is 6.10 Å². The number of hydrogen-bond donors (Lipinski definition) is 0. The number of ether oxygens (including phenoxy) is 3. The summed E-state index contributed by atoms with van der Waals surface area (Å²) >= 11 is 0. The van der Waals surface area contributed by atoms with Crippen molar-refractivity contribution in [2.45, 2.75) is 393 Å². The fourth-order valence-corrected chi connectivity index (χ4v) is 10.5. The molecule has 0 N–H and O–H groups in total. The van der Waals surface area contributed by atoms with Crippen molar-refractivity contribution in [2.75, 3.05) is 13.2 Å². The lowest BCUT2D eigenvalue weighted by Crippen LogP contribution is -2.30. The van der Waals surface area contributed by atoms with E-state index in [0.717, 1.165) is 77.0 Å². The van der Waals surface area contributed by atoms with Gasteiger partial charge in [-0.15, -0.1) is 0 Å². The first-order chi connectivity index (χ1) is 37.5. The van der Waals surface area contributed by atoms with Crippen LogP contribution in [0.3, 0.4) is 0 Å². The predicted molar refractivity (Wildman–Crippen MR) is 330 cm³/mol. The van der Waals surface area contributed by atoms with Gasteiger partial charge in [0.2, 0.25) is 0 Å². The molecule has 0 spiro atoms. The summed E-state index contributed by atoms with van der Waals surface area (Å²) in [7, 11) is 0. The van der Waals surface area contributed by atoms with Crippen molar-refractivity contribution >= 4 is 17.9 Å². The maximum absolute atomic E-state index is 12.8. The number of hydrogen-bond acceptors (Lipinski definition) is 6. The third kappa shape index (κ3) is 62.7. The Hall–Kier alpha value is -2.11. The van der Waals surface area contributed by atoms with Crippen molar-refractivity contribution in [2.24, 2.45) is 0 Å². The summed E-state index contributed by atoms with van der Waals surface area (Å²) < 4.78 is 16.9. The van der Waals surface area contributed by atoms with Gasteiger partial charge in [0.05, 0.1) is 0 Å². The summed E-state index contributed by atoms with van der Waals surface area (Å²) in [5, 5.41) is 0. The van der Waals surface area contributed by atoms with Crippen LogP contribution < -0.4 is 0 Å². The number of rotatable bonds is 64. The highest BCUT2D eigenvalue weighted by Crippen LogP contribution is 2.19. The molecule has 1 atom stereocenters. The molecule has 0 bridgehead atoms. The van der Waals surface area contributed by atoms with E-state index < -0.39 is 6.10 Å². The Morgan fingerprint density at radius 3 is 0.711 bits per heavy atom. The van der Waals surface area contributed by atoms with Crippen molar-refractivity contribution in [1.82, 2.24) is 0 Å². The number of esters is 3. The zero-order valence-corrected chi connectivity index (χ0v) is 51.6. The standard InChI is InChI=1S/C70H132O6/c1-4-7-10-13-16-19-22-24-26-27-28-29-30-31-32-33-34-35-36-37-38-39-40-41-42-43-44-45-47-48-51-54-57-60-63-69(72)75-66-67(65-74-68(71)62-59-56-53-50-21-18-15-12-9-6-3)76-70(73)64-61-58-55-52-49-46-25-23-20-17-14-11-8-5-2/h12,15,23,25,67H,4-11,13-14,16-22,24,26-66H2,1-3H3/b15-12-,25-23-. The molecule has 0 saturated heterocycles. The normalized spacial score (nSPS) is 12.1. The number of allylic oxidation sites excluding steroid dienone is 4. The minimum atomic E-state index is -0.775. The second-order valence-corrected chi connectivity index (χ2v) is 23.4. The zero-order valence-electron chi connectivity index (χ0n) is 51.6. The molecular formula is C70H132O6. The third-order valence-corrected chi connectivity index (χ3v) is 15.7. The van der Waals surface area contributed by atoms with E-state index in [1.165, 1.54) is 270 Å². The summed E-state index contributed by atoms with van der Waals surface area (Å²) in [6, 6.07) is 0. The lowest BCUT2D eigenvalue weighted by Gasteiger charge is -2.18. The van der Waals surface area contributed by atoms with E-state index in [9.17, 15) is 14.4 Å². The van der Waals surface area contributed by atoms with Crippen LogP contribution in [-0.2, 0) is 28.6 Å². The summed E-state index contributed by atoms with van der Waals surface area (Å²) in [6.07, 6.45) is 79.6. The van der Waals surface area contributed by atoms with Crippen LogP contribution in [0.25, 0.3) is 0 Å². The van der Waals surface area contributed by atoms with Gasteiger partial charge < -0.3 is 14.2 Å². The molecule has 1 unspecified atom stereocenters. The number of carbonyl (C=O) groups is 3. The third-order valence-electron chi connectivity index (χ3n) is 15.7. The molecule has 0 aliphatic rings. The van der Waals surface area contributed by atoms with Crippen molar-refractivity contribution in [3.05, 3.63) is 24.3 Å². The van der Waals surface area contributed by atoms with E-state index in [-0.39, 0.29) is 31.1 Å². The van der Waals surface area contributed by atoms with Crippen molar-refractivity contribution in [3.63, 3.8) is 0 Å². The minimum absolute atomic E-state index is 0.0729. The van der Waals surface area contributed by atoms with E-state index in [1.807, 2.05) is 0 Å². The molecule has 76 heavy (non-hydrogen) atoms. The van der Waals surface area contributed by atoms with Crippen molar-refractivity contribution in [1.29, 1.82) is 0 Å². The molecule has 6 heteroatoms. The Morgan fingerprint density at radius 1 is 0.250 bits per heavy atom. The second-order valence-electron chi connectivity index (χ2n) is 23.4. The summed E-state index contributed by atoms with van der Waals surface area (Å²) in [4.78, 5) is 38.1. The first-order valence-corrected chi connectivity index (χ1v) is 34.3.